The Morgan fingerprint density at radius 2 is 1.86 bits per heavy atom. The van der Waals surface area contributed by atoms with Gasteiger partial charge in [0, 0.05) is 17.0 Å². The average molecular weight is 195 g/mol. The topological polar surface area (TPSA) is 46.9 Å². The second-order valence-electron chi connectivity index (χ2n) is 5.49. The van der Waals surface area contributed by atoms with Crippen LogP contribution in [-0.2, 0) is 5.21 Å². The molecule has 1 aliphatic rings. The minimum Gasteiger partial charge on any atom is -0.198 e. The molecule has 1 saturated heterocycles. The highest BCUT2D eigenvalue weighted by atomic mass is 16.5. The minimum atomic E-state index is -0.416. The molecule has 0 bridgehead atoms. The summed E-state index contributed by atoms with van der Waals surface area (Å²) in [4.78, 5) is 0. The van der Waals surface area contributed by atoms with Gasteiger partial charge in [0.25, 0.3) is 0 Å². The molecule has 14 heavy (non-hydrogen) atoms. The van der Waals surface area contributed by atoms with Crippen LogP contribution in [0.1, 0.15) is 47.0 Å². The molecule has 0 aromatic carbocycles. The van der Waals surface area contributed by atoms with Crippen LogP contribution in [0.5, 0.6) is 0 Å². The van der Waals surface area contributed by atoms with Crippen molar-refractivity contribution in [3.8, 4) is 6.07 Å². The van der Waals surface area contributed by atoms with Gasteiger partial charge in [-0.25, -0.2) is 0 Å². The van der Waals surface area contributed by atoms with Crippen molar-refractivity contribution in [1.29, 1.82) is 5.26 Å². The van der Waals surface area contributed by atoms with Gasteiger partial charge in [-0.2, -0.15) is 5.26 Å². The highest BCUT2D eigenvalue weighted by molar-refractivity contribution is 4.98. The molecular formula is C11H19N2O. The third kappa shape index (κ3) is 2.08. The Morgan fingerprint density at radius 1 is 1.29 bits per heavy atom. The molecule has 1 atom stereocenters. The Bertz CT molecular complexity index is 253. The van der Waals surface area contributed by atoms with E-state index >= 15 is 0 Å². The van der Waals surface area contributed by atoms with Gasteiger partial charge in [0.05, 0.1) is 6.07 Å². The highest BCUT2D eigenvalue weighted by Gasteiger charge is 2.42. The van der Waals surface area contributed by atoms with Gasteiger partial charge in [0.15, 0.2) is 0 Å². The van der Waals surface area contributed by atoms with Gasteiger partial charge >= 0.3 is 0 Å². The minimum absolute atomic E-state index is 0.0308. The van der Waals surface area contributed by atoms with Gasteiger partial charge in [-0.05, 0) is 47.0 Å². The third-order valence-corrected chi connectivity index (χ3v) is 3.13. The lowest BCUT2D eigenvalue weighted by Crippen LogP contribution is -2.51. The van der Waals surface area contributed by atoms with Gasteiger partial charge in [-0.15, -0.1) is 10.3 Å². The largest absolute Gasteiger partial charge is 0.198 e. The van der Waals surface area contributed by atoms with Crippen LogP contribution in [0.15, 0.2) is 0 Å². The highest BCUT2D eigenvalue weighted by Crippen LogP contribution is 2.37. The van der Waals surface area contributed by atoms with E-state index in [1.165, 1.54) is 5.06 Å². The summed E-state index contributed by atoms with van der Waals surface area (Å²) in [6.45, 7) is 7.78. The van der Waals surface area contributed by atoms with E-state index in [2.05, 4.69) is 6.07 Å². The molecule has 0 amide bonds. The quantitative estimate of drug-likeness (QED) is 0.596. The first-order valence-corrected chi connectivity index (χ1v) is 5.17. The maximum atomic E-state index is 12.1. The molecule has 79 valence electrons. The Hall–Kier alpha value is -0.590. The van der Waals surface area contributed by atoms with Crippen molar-refractivity contribution in [3.63, 3.8) is 0 Å². The van der Waals surface area contributed by atoms with Crippen LogP contribution in [0.2, 0.25) is 0 Å². The average Bonchev–Trinajstić information content (AvgIpc) is 2.16. The zero-order chi connectivity index (χ0) is 11.0. The van der Waals surface area contributed by atoms with Crippen molar-refractivity contribution in [3.05, 3.63) is 0 Å². The lowest BCUT2D eigenvalue weighted by atomic mass is 9.91. The fourth-order valence-corrected chi connectivity index (χ4v) is 2.35. The lowest BCUT2D eigenvalue weighted by Gasteiger charge is -2.39. The number of nitrogens with zero attached hydrogens (tertiary/aromatic N) is 2. The van der Waals surface area contributed by atoms with Crippen molar-refractivity contribution in [1.82, 2.24) is 5.06 Å². The summed E-state index contributed by atoms with van der Waals surface area (Å²) in [5.41, 5.74) is -0.754. The maximum Gasteiger partial charge on any atom is 0.0656 e. The van der Waals surface area contributed by atoms with Crippen molar-refractivity contribution < 1.29 is 5.21 Å². The molecule has 1 aliphatic heterocycles. The van der Waals surface area contributed by atoms with E-state index in [-0.39, 0.29) is 11.5 Å². The zero-order valence-corrected chi connectivity index (χ0v) is 9.50. The number of nitriles is 1. The Morgan fingerprint density at radius 3 is 2.36 bits per heavy atom. The van der Waals surface area contributed by atoms with Gasteiger partial charge in [0.2, 0.25) is 0 Å². The summed E-state index contributed by atoms with van der Waals surface area (Å²) in [5.74, 6) is 0.0308. The molecule has 0 N–H and O–H groups in total. The normalized spacial score (nSPS) is 31.9. The molecule has 1 heterocycles. The van der Waals surface area contributed by atoms with Crippen LogP contribution >= 0.6 is 0 Å². The molecule has 3 nitrogen and oxygen atoms in total. The lowest BCUT2D eigenvalue weighted by molar-refractivity contribution is -0.269. The number of hydrogen-bond acceptors (Lipinski definition) is 2. The summed E-state index contributed by atoms with van der Waals surface area (Å²) in [6.07, 6.45) is 2.32. The summed E-state index contributed by atoms with van der Waals surface area (Å²) >= 11 is 0. The van der Waals surface area contributed by atoms with Crippen molar-refractivity contribution >= 4 is 0 Å². The first-order valence-electron chi connectivity index (χ1n) is 5.17. The molecule has 0 aromatic rings. The summed E-state index contributed by atoms with van der Waals surface area (Å²) in [6, 6.07) is 2.29. The predicted molar refractivity (Wildman–Crippen MR) is 53.6 cm³/mol. The Labute approximate surface area is 86.3 Å². The van der Waals surface area contributed by atoms with E-state index in [1.807, 2.05) is 27.7 Å². The van der Waals surface area contributed by atoms with Gasteiger partial charge in [0.1, 0.15) is 0 Å². The number of rotatable bonds is 0. The van der Waals surface area contributed by atoms with Crippen molar-refractivity contribution in [2.75, 3.05) is 0 Å². The Kier molecular flexibility index (Phi) is 2.89. The number of hydrogen-bond donors (Lipinski definition) is 0. The molecule has 0 aliphatic carbocycles. The standard InChI is InChI=1S/C11H19N2O/c1-10(2)6-5-9(8-12)7-11(3,4)13(10)14/h9H,5-7H2,1-4H3. The fraction of sp³-hybridized carbons (Fsp3) is 0.909. The zero-order valence-electron chi connectivity index (χ0n) is 9.50. The van der Waals surface area contributed by atoms with Crippen LogP contribution in [-0.4, -0.2) is 16.1 Å². The monoisotopic (exact) mass is 195 g/mol. The van der Waals surface area contributed by atoms with E-state index in [1.54, 1.807) is 0 Å². The summed E-state index contributed by atoms with van der Waals surface area (Å²) in [7, 11) is 0. The SMILES string of the molecule is CC1(C)CCC(C#N)CC(C)(C)N1[O]. The first-order chi connectivity index (χ1) is 6.29. The van der Waals surface area contributed by atoms with Crippen LogP contribution in [0.3, 0.4) is 0 Å². The molecule has 1 fully saturated rings. The first kappa shape index (κ1) is 11.5. The van der Waals surface area contributed by atoms with E-state index in [4.69, 9.17) is 5.26 Å². The van der Waals surface area contributed by atoms with E-state index < -0.39 is 5.54 Å². The second-order valence-corrected chi connectivity index (χ2v) is 5.49. The summed E-state index contributed by atoms with van der Waals surface area (Å²) in [5, 5.41) is 22.2. The smallest absolute Gasteiger partial charge is 0.0656 e. The molecule has 0 saturated carbocycles. The van der Waals surface area contributed by atoms with Crippen LogP contribution in [0.25, 0.3) is 0 Å². The third-order valence-electron chi connectivity index (χ3n) is 3.13. The maximum absolute atomic E-state index is 12.1. The van der Waals surface area contributed by atoms with Gasteiger partial charge < -0.3 is 0 Å². The molecule has 0 aromatic heterocycles. The van der Waals surface area contributed by atoms with E-state index in [0.29, 0.717) is 6.42 Å². The van der Waals surface area contributed by atoms with Crippen molar-refractivity contribution in [2.45, 2.75) is 58.0 Å². The van der Waals surface area contributed by atoms with Crippen LogP contribution in [0, 0.1) is 17.2 Å². The Balaban J connectivity index is 2.92. The van der Waals surface area contributed by atoms with Crippen LogP contribution < -0.4 is 0 Å². The van der Waals surface area contributed by atoms with Crippen LogP contribution in [0.4, 0.5) is 0 Å². The van der Waals surface area contributed by atoms with Gasteiger partial charge in [-0.1, -0.05) is 0 Å². The molecule has 3 heteroatoms. The van der Waals surface area contributed by atoms with E-state index in [0.717, 1.165) is 12.8 Å². The van der Waals surface area contributed by atoms with Gasteiger partial charge in [-0.3, -0.25) is 0 Å². The molecule has 1 unspecified atom stereocenters. The number of hydroxylamine groups is 2. The molecular weight excluding hydrogens is 176 g/mol. The summed E-state index contributed by atoms with van der Waals surface area (Å²) < 4.78 is 0. The predicted octanol–water partition coefficient (Wildman–Crippen LogP) is 2.51. The fourth-order valence-electron chi connectivity index (χ4n) is 2.35. The molecule has 0 spiro atoms. The molecule has 1 rings (SSSR count). The molecule has 1 radical (unpaired) electrons. The van der Waals surface area contributed by atoms with Crippen molar-refractivity contribution in [2.24, 2.45) is 5.92 Å². The van der Waals surface area contributed by atoms with E-state index in [9.17, 15) is 5.21 Å². The second kappa shape index (κ2) is 3.52.